The normalized spacial score (nSPS) is 11.9. The van der Waals surface area contributed by atoms with Crippen LogP contribution >= 0.6 is 0 Å². The second-order valence-corrected chi connectivity index (χ2v) is 7.41. The van der Waals surface area contributed by atoms with Crippen LogP contribution in [0.2, 0.25) is 0 Å². The first-order chi connectivity index (χ1) is 16.4. The Kier molecular flexibility index (Phi) is 7.82. The molecule has 2 heterocycles. The molecule has 3 rings (SSSR count). The predicted molar refractivity (Wildman–Crippen MR) is 109 cm³/mol. The number of ether oxygens (including phenoxy) is 1. The predicted octanol–water partition coefficient (Wildman–Crippen LogP) is 3.56. The number of hydrogen-bond donors (Lipinski definition) is 2. The minimum atomic E-state index is -4.51. The van der Waals surface area contributed by atoms with Gasteiger partial charge < -0.3 is 15.4 Å². The van der Waals surface area contributed by atoms with E-state index in [0.717, 1.165) is 0 Å². The Morgan fingerprint density at radius 1 is 1.00 bits per heavy atom. The first-order valence-electron chi connectivity index (χ1n) is 10.1. The van der Waals surface area contributed by atoms with Crippen LogP contribution in [-0.4, -0.2) is 45.4 Å². The number of rotatable bonds is 9. The summed E-state index contributed by atoms with van der Waals surface area (Å²) in [5.74, 6) is -1.42. The van der Waals surface area contributed by atoms with Crippen molar-refractivity contribution in [2.24, 2.45) is 0 Å². The van der Waals surface area contributed by atoms with Crippen LogP contribution in [0.3, 0.4) is 0 Å². The minimum absolute atomic E-state index is 0.0145. The molecule has 0 unspecified atom stereocenters. The first-order valence-corrected chi connectivity index (χ1v) is 10.1. The van der Waals surface area contributed by atoms with Crippen molar-refractivity contribution in [1.29, 1.82) is 0 Å². The molecule has 35 heavy (non-hydrogen) atoms. The molecule has 0 atom stereocenters. The number of imidazole rings is 1. The summed E-state index contributed by atoms with van der Waals surface area (Å²) in [6.07, 6.45) is -7.87. The van der Waals surface area contributed by atoms with Gasteiger partial charge in [-0.2, -0.15) is 31.4 Å². The Morgan fingerprint density at radius 2 is 1.77 bits per heavy atom. The summed E-state index contributed by atoms with van der Waals surface area (Å²) < 4.78 is 79.5. The maximum absolute atomic E-state index is 12.4. The zero-order valence-corrected chi connectivity index (χ0v) is 17.9. The Bertz CT molecular complexity index is 1190. The average molecular weight is 503 g/mol. The summed E-state index contributed by atoms with van der Waals surface area (Å²) >= 11 is 0. The number of aromatic nitrogens is 3. The summed E-state index contributed by atoms with van der Waals surface area (Å²) in [5.41, 5.74) is 1.39. The molecule has 3 aromatic rings. The van der Waals surface area contributed by atoms with Crippen molar-refractivity contribution < 1.29 is 40.7 Å². The number of alkyl halides is 6. The number of benzene rings is 1. The van der Waals surface area contributed by atoms with Gasteiger partial charge in [0.15, 0.2) is 12.3 Å². The molecule has 2 aromatic heterocycles. The number of nitrogens with zero attached hydrogens (tertiary/aromatic N) is 3. The Labute approximate surface area is 194 Å². The van der Waals surface area contributed by atoms with Gasteiger partial charge in [-0.05, 0) is 29.8 Å². The van der Waals surface area contributed by atoms with Gasteiger partial charge in [-0.3, -0.25) is 9.59 Å². The number of halogens is 6. The Hall–Kier alpha value is -3.84. The molecular formula is C21H19F6N5O3. The van der Waals surface area contributed by atoms with E-state index in [2.05, 4.69) is 25.5 Å². The highest BCUT2D eigenvalue weighted by atomic mass is 19.4. The highest BCUT2D eigenvalue weighted by Crippen LogP contribution is 2.21. The molecule has 0 aliphatic rings. The van der Waals surface area contributed by atoms with Gasteiger partial charge in [0.25, 0.3) is 5.91 Å². The van der Waals surface area contributed by atoms with E-state index in [1.165, 1.54) is 41.2 Å². The third-order valence-electron chi connectivity index (χ3n) is 4.48. The lowest BCUT2D eigenvalue weighted by atomic mass is 10.2. The van der Waals surface area contributed by atoms with Gasteiger partial charge in [-0.25, -0.2) is 9.50 Å². The number of hydrogen-bond acceptors (Lipinski definition) is 5. The molecular weight excluding hydrogens is 484 g/mol. The van der Waals surface area contributed by atoms with E-state index in [9.17, 15) is 35.9 Å². The second kappa shape index (κ2) is 10.6. The van der Waals surface area contributed by atoms with Crippen molar-refractivity contribution in [2.75, 3.05) is 6.61 Å². The van der Waals surface area contributed by atoms with Crippen LogP contribution < -0.4 is 15.4 Å². The summed E-state index contributed by atoms with van der Waals surface area (Å²) in [6.45, 7) is -1.53. The molecule has 0 saturated carbocycles. The van der Waals surface area contributed by atoms with Gasteiger partial charge >= 0.3 is 12.4 Å². The molecule has 2 amide bonds. The van der Waals surface area contributed by atoms with E-state index in [4.69, 9.17) is 0 Å². The highest BCUT2D eigenvalue weighted by Gasteiger charge is 2.29. The largest absolute Gasteiger partial charge is 0.484 e. The Balaban J connectivity index is 1.54. The highest BCUT2D eigenvalue weighted by molar-refractivity contribution is 5.94. The maximum atomic E-state index is 12.4. The molecule has 8 nitrogen and oxygen atoms in total. The van der Waals surface area contributed by atoms with Crippen LogP contribution in [0.25, 0.3) is 5.65 Å². The van der Waals surface area contributed by atoms with E-state index in [1.54, 1.807) is 6.07 Å². The molecule has 0 aliphatic carbocycles. The van der Waals surface area contributed by atoms with Gasteiger partial charge in [-0.15, -0.1) is 0 Å². The topological polar surface area (TPSA) is 97.6 Å². The third-order valence-corrected chi connectivity index (χ3v) is 4.48. The van der Waals surface area contributed by atoms with Gasteiger partial charge in [0.2, 0.25) is 5.91 Å². The van der Waals surface area contributed by atoms with E-state index >= 15 is 0 Å². The molecule has 188 valence electrons. The SMILES string of the molecule is O=C(CCC(F)(F)F)NCc1cnn2cc(CNC(=O)c3cccc(OCC(F)(F)F)c3)nc2c1. The first kappa shape index (κ1) is 25.8. The number of fused-ring (bicyclic) bond motifs is 1. The summed E-state index contributed by atoms with van der Waals surface area (Å²) in [4.78, 5) is 28.2. The molecule has 0 saturated heterocycles. The lowest BCUT2D eigenvalue weighted by molar-refractivity contribution is -0.153. The standard InChI is InChI=1S/C21H19F6N5O3/c22-20(23,24)5-4-18(33)28-8-13-6-17-31-15(11-32(17)30-9-13)10-29-19(34)14-2-1-3-16(7-14)35-12-21(25,26)27/h1-3,6-7,9,11H,4-5,8,10,12H2,(H,28,33)(H,29,34). The van der Waals surface area contributed by atoms with E-state index in [0.29, 0.717) is 16.9 Å². The zero-order chi connectivity index (χ0) is 25.6. The lowest BCUT2D eigenvalue weighted by Crippen LogP contribution is -2.24. The smallest absolute Gasteiger partial charge is 0.422 e. The monoisotopic (exact) mass is 503 g/mol. The summed E-state index contributed by atoms with van der Waals surface area (Å²) in [5, 5.41) is 9.07. The van der Waals surface area contributed by atoms with Crippen molar-refractivity contribution in [1.82, 2.24) is 25.2 Å². The van der Waals surface area contributed by atoms with Crippen LogP contribution in [0.5, 0.6) is 5.75 Å². The molecule has 0 fully saturated rings. The van der Waals surface area contributed by atoms with Crippen molar-refractivity contribution in [2.45, 2.75) is 38.3 Å². The molecule has 14 heteroatoms. The Morgan fingerprint density at radius 3 is 2.49 bits per heavy atom. The van der Waals surface area contributed by atoms with Gasteiger partial charge in [-0.1, -0.05) is 6.07 Å². The van der Waals surface area contributed by atoms with Crippen molar-refractivity contribution in [3.63, 3.8) is 0 Å². The van der Waals surface area contributed by atoms with Crippen LogP contribution in [-0.2, 0) is 17.9 Å². The van der Waals surface area contributed by atoms with Crippen molar-refractivity contribution >= 4 is 17.5 Å². The average Bonchev–Trinajstić information content (AvgIpc) is 3.20. The molecule has 0 bridgehead atoms. The van der Waals surface area contributed by atoms with Gasteiger partial charge in [0, 0.05) is 18.5 Å². The molecule has 0 spiro atoms. The zero-order valence-electron chi connectivity index (χ0n) is 17.9. The fourth-order valence-electron chi connectivity index (χ4n) is 2.86. The minimum Gasteiger partial charge on any atom is -0.484 e. The molecule has 1 aromatic carbocycles. The third kappa shape index (κ3) is 8.46. The van der Waals surface area contributed by atoms with E-state index < -0.39 is 43.6 Å². The summed E-state index contributed by atoms with van der Waals surface area (Å²) in [7, 11) is 0. The van der Waals surface area contributed by atoms with Crippen molar-refractivity contribution in [3.05, 3.63) is 59.5 Å². The quantitative estimate of drug-likeness (QED) is 0.436. The van der Waals surface area contributed by atoms with E-state index in [1.807, 2.05) is 0 Å². The van der Waals surface area contributed by atoms with Crippen LogP contribution in [0.15, 0.2) is 42.7 Å². The van der Waals surface area contributed by atoms with Gasteiger partial charge in [0.05, 0.1) is 31.1 Å². The number of amides is 2. The van der Waals surface area contributed by atoms with Crippen LogP contribution in [0.1, 0.15) is 34.5 Å². The van der Waals surface area contributed by atoms with Gasteiger partial charge in [0.1, 0.15) is 5.75 Å². The van der Waals surface area contributed by atoms with Crippen molar-refractivity contribution in [3.8, 4) is 5.75 Å². The lowest BCUT2D eigenvalue weighted by Gasteiger charge is -2.10. The number of nitrogens with one attached hydrogen (secondary N) is 2. The maximum Gasteiger partial charge on any atom is 0.422 e. The number of carbonyl (C=O) groups is 2. The van der Waals surface area contributed by atoms with E-state index in [-0.39, 0.29) is 24.4 Å². The fourth-order valence-corrected chi connectivity index (χ4v) is 2.86. The molecule has 0 aliphatic heterocycles. The fraction of sp³-hybridized carbons (Fsp3) is 0.333. The second-order valence-electron chi connectivity index (χ2n) is 7.41. The van der Waals surface area contributed by atoms with Crippen LogP contribution in [0, 0.1) is 0 Å². The number of carbonyl (C=O) groups excluding carboxylic acids is 2. The molecule has 2 N–H and O–H groups in total. The summed E-state index contributed by atoms with van der Waals surface area (Å²) in [6, 6.07) is 6.85. The van der Waals surface area contributed by atoms with Crippen LogP contribution in [0.4, 0.5) is 26.3 Å². The molecule has 0 radical (unpaired) electrons.